The molecular weight excluding hydrogens is 278 g/mol. The number of pyridine rings is 2. The van der Waals surface area contributed by atoms with Crippen LogP contribution in [0.3, 0.4) is 0 Å². The molecule has 0 saturated heterocycles. The van der Waals surface area contributed by atoms with Gasteiger partial charge in [0.15, 0.2) is 0 Å². The van der Waals surface area contributed by atoms with Crippen molar-refractivity contribution in [3.05, 3.63) is 67.0 Å². The lowest BCUT2D eigenvalue weighted by Crippen LogP contribution is -1.90. The van der Waals surface area contributed by atoms with E-state index in [1.807, 2.05) is 41.1 Å². The van der Waals surface area contributed by atoms with Gasteiger partial charge in [0, 0.05) is 29.7 Å². The molecule has 0 spiro atoms. The summed E-state index contributed by atoms with van der Waals surface area (Å²) in [5, 5.41) is 9.24. The summed E-state index contributed by atoms with van der Waals surface area (Å²) in [6, 6.07) is 9.50. The molecule has 0 amide bonds. The van der Waals surface area contributed by atoms with E-state index in [9.17, 15) is 5.11 Å². The van der Waals surface area contributed by atoms with Crippen molar-refractivity contribution in [3.8, 4) is 22.5 Å². The predicted octanol–water partition coefficient (Wildman–Crippen LogP) is 3.15. The van der Waals surface area contributed by atoms with Gasteiger partial charge in [0.2, 0.25) is 0 Å². The minimum atomic E-state index is 0.00742. The lowest BCUT2D eigenvalue weighted by atomic mass is 10.1. The van der Waals surface area contributed by atoms with Gasteiger partial charge in [0.25, 0.3) is 0 Å². The Kier molecular flexibility index (Phi) is 2.98. The van der Waals surface area contributed by atoms with Crippen molar-refractivity contribution in [1.29, 1.82) is 0 Å². The van der Waals surface area contributed by atoms with Crippen molar-refractivity contribution < 1.29 is 9.52 Å². The predicted molar refractivity (Wildman–Crippen MR) is 82.0 cm³/mol. The van der Waals surface area contributed by atoms with Gasteiger partial charge in [-0.3, -0.25) is 4.98 Å². The average molecular weight is 291 g/mol. The van der Waals surface area contributed by atoms with Crippen LogP contribution < -0.4 is 0 Å². The molecule has 0 unspecified atom stereocenters. The van der Waals surface area contributed by atoms with Crippen LogP contribution in [0.15, 0.2) is 65.9 Å². The van der Waals surface area contributed by atoms with Crippen LogP contribution in [0.25, 0.3) is 28.2 Å². The second-order valence-electron chi connectivity index (χ2n) is 5.03. The largest absolute Gasteiger partial charge is 0.472 e. The summed E-state index contributed by atoms with van der Waals surface area (Å²) < 4.78 is 7.06. The van der Waals surface area contributed by atoms with E-state index < -0.39 is 0 Å². The van der Waals surface area contributed by atoms with Crippen molar-refractivity contribution in [3.63, 3.8) is 0 Å². The molecular formula is C17H13N3O2. The molecule has 5 heteroatoms. The van der Waals surface area contributed by atoms with Gasteiger partial charge in [0.05, 0.1) is 30.5 Å². The quantitative estimate of drug-likeness (QED) is 0.630. The molecule has 4 aromatic heterocycles. The molecule has 0 aromatic carbocycles. The van der Waals surface area contributed by atoms with Gasteiger partial charge in [-0.1, -0.05) is 0 Å². The number of fused-ring (bicyclic) bond motifs is 1. The molecule has 0 fully saturated rings. The standard InChI is InChI=1S/C17H13N3O2/c21-10-12-3-5-18-15(7-12)13-1-2-17-19-16(9-20(17)8-13)14-4-6-22-11-14/h1-9,11,21H,10H2. The fraction of sp³-hybridized carbons (Fsp3) is 0.0588. The maximum absolute atomic E-state index is 9.24. The zero-order chi connectivity index (χ0) is 14.9. The third-order valence-electron chi connectivity index (χ3n) is 3.57. The molecule has 4 heterocycles. The summed E-state index contributed by atoms with van der Waals surface area (Å²) in [4.78, 5) is 8.93. The third kappa shape index (κ3) is 2.17. The Labute approximate surface area is 126 Å². The second kappa shape index (κ2) is 5.13. The summed E-state index contributed by atoms with van der Waals surface area (Å²) in [7, 11) is 0. The minimum absolute atomic E-state index is 0.00742. The van der Waals surface area contributed by atoms with Gasteiger partial charge in [-0.25, -0.2) is 4.98 Å². The van der Waals surface area contributed by atoms with Crippen LogP contribution in [0.1, 0.15) is 5.56 Å². The number of aromatic nitrogens is 3. The maximum Gasteiger partial charge on any atom is 0.137 e. The lowest BCUT2D eigenvalue weighted by molar-refractivity contribution is 0.282. The Bertz CT molecular complexity index is 926. The number of hydrogen-bond acceptors (Lipinski definition) is 4. The van der Waals surface area contributed by atoms with Crippen LogP contribution in [0.2, 0.25) is 0 Å². The van der Waals surface area contributed by atoms with Crippen LogP contribution in [0.4, 0.5) is 0 Å². The number of aliphatic hydroxyl groups is 1. The van der Waals surface area contributed by atoms with Crippen LogP contribution in [-0.4, -0.2) is 19.5 Å². The fourth-order valence-corrected chi connectivity index (χ4v) is 2.42. The monoisotopic (exact) mass is 291 g/mol. The molecule has 0 bridgehead atoms. The van der Waals surface area contributed by atoms with E-state index >= 15 is 0 Å². The van der Waals surface area contributed by atoms with Crippen molar-refractivity contribution in [1.82, 2.24) is 14.4 Å². The first kappa shape index (κ1) is 12.8. The maximum atomic E-state index is 9.24. The van der Waals surface area contributed by atoms with E-state index in [1.165, 1.54) is 0 Å². The van der Waals surface area contributed by atoms with E-state index in [1.54, 1.807) is 24.8 Å². The van der Waals surface area contributed by atoms with Gasteiger partial charge in [-0.2, -0.15) is 0 Å². The van der Waals surface area contributed by atoms with Gasteiger partial charge in [0.1, 0.15) is 5.65 Å². The Morgan fingerprint density at radius 3 is 2.82 bits per heavy atom. The lowest BCUT2D eigenvalue weighted by Gasteiger charge is -2.03. The van der Waals surface area contributed by atoms with E-state index in [0.717, 1.165) is 33.7 Å². The van der Waals surface area contributed by atoms with Crippen molar-refractivity contribution in [2.45, 2.75) is 6.61 Å². The van der Waals surface area contributed by atoms with Gasteiger partial charge < -0.3 is 13.9 Å². The Morgan fingerprint density at radius 2 is 2.00 bits per heavy atom. The highest BCUT2D eigenvalue weighted by atomic mass is 16.3. The first-order valence-corrected chi connectivity index (χ1v) is 6.91. The Balaban J connectivity index is 1.80. The van der Waals surface area contributed by atoms with Crippen molar-refractivity contribution >= 4 is 5.65 Å². The summed E-state index contributed by atoms with van der Waals surface area (Å²) in [6.07, 6.45) is 8.95. The zero-order valence-corrected chi connectivity index (χ0v) is 11.7. The van der Waals surface area contributed by atoms with Crippen molar-refractivity contribution in [2.75, 3.05) is 0 Å². The van der Waals surface area contributed by atoms with Crippen LogP contribution >= 0.6 is 0 Å². The van der Waals surface area contributed by atoms with Crippen LogP contribution in [0, 0.1) is 0 Å². The molecule has 0 aliphatic rings. The van der Waals surface area contributed by atoms with Gasteiger partial charge in [-0.15, -0.1) is 0 Å². The fourth-order valence-electron chi connectivity index (χ4n) is 2.42. The minimum Gasteiger partial charge on any atom is -0.472 e. The molecule has 0 saturated carbocycles. The molecule has 108 valence electrons. The SMILES string of the molecule is OCc1ccnc(-c2ccc3nc(-c4ccoc4)cn3c2)c1. The molecule has 1 N–H and O–H groups in total. The number of aliphatic hydroxyl groups excluding tert-OH is 1. The molecule has 4 rings (SSSR count). The first-order valence-electron chi connectivity index (χ1n) is 6.91. The molecule has 0 radical (unpaired) electrons. The zero-order valence-electron chi connectivity index (χ0n) is 11.7. The average Bonchev–Trinajstić information content (AvgIpc) is 3.23. The summed E-state index contributed by atoms with van der Waals surface area (Å²) >= 11 is 0. The summed E-state index contributed by atoms with van der Waals surface area (Å²) in [5.41, 5.74) is 5.31. The molecule has 0 aliphatic carbocycles. The number of furan rings is 1. The highest BCUT2D eigenvalue weighted by Crippen LogP contribution is 2.23. The van der Waals surface area contributed by atoms with E-state index in [0.29, 0.717) is 0 Å². The molecule has 0 atom stereocenters. The normalized spacial score (nSPS) is 11.1. The number of imidazole rings is 1. The summed E-state index contributed by atoms with van der Waals surface area (Å²) in [6.45, 7) is 0.00742. The van der Waals surface area contributed by atoms with Crippen LogP contribution in [0.5, 0.6) is 0 Å². The second-order valence-corrected chi connectivity index (χ2v) is 5.03. The number of rotatable bonds is 3. The van der Waals surface area contributed by atoms with Gasteiger partial charge in [-0.05, 0) is 35.9 Å². The summed E-state index contributed by atoms with van der Waals surface area (Å²) in [5.74, 6) is 0. The van der Waals surface area contributed by atoms with Crippen molar-refractivity contribution in [2.24, 2.45) is 0 Å². The highest BCUT2D eigenvalue weighted by molar-refractivity contribution is 5.65. The highest BCUT2D eigenvalue weighted by Gasteiger charge is 2.07. The number of nitrogens with zero attached hydrogens (tertiary/aromatic N) is 3. The molecule has 0 aliphatic heterocycles. The molecule has 22 heavy (non-hydrogen) atoms. The third-order valence-corrected chi connectivity index (χ3v) is 3.57. The topological polar surface area (TPSA) is 63.6 Å². The van der Waals surface area contributed by atoms with E-state index in [4.69, 9.17) is 4.42 Å². The van der Waals surface area contributed by atoms with Gasteiger partial charge >= 0.3 is 0 Å². The van der Waals surface area contributed by atoms with Crippen LogP contribution in [-0.2, 0) is 6.61 Å². The smallest absolute Gasteiger partial charge is 0.137 e. The van der Waals surface area contributed by atoms with E-state index in [-0.39, 0.29) is 6.61 Å². The first-order chi connectivity index (χ1) is 10.8. The van der Waals surface area contributed by atoms with E-state index in [2.05, 4.69) is 9.97 Å². The Morgan fingerprint density at radius 1 is 1.05 bits per heavy atom. The Hall–Kier alpha value is -2.92. The molecule has 5 nitrogen and oxygen atoms in total. The molecule has 4 aromatic rings. The number of hydrogen-bond donors (Lipinski definition) is 1.